The molecular formula is C16H26O. The van der Waals surface area contributed by atoms with Gasteiger partial charge in [-0.2, -0.15) is 0 Å². The van der Waals surface area contributed by atoms with Crippen LogP contribution in [-0.2, 0) is 4.79 Å². The Labute approximate surface area is 105 Å². The van der Waals surface area contributed by atoms with E-state index < -0.39 is 0 Å². The number of hydrogen-bond donors (Lipinski definition) is 0. The Bertz CT molecular complexity index is 334. The van der Waals surface area contributed by atoms with E-state index in [1.54, 1.807) is 0 Å². The predicted molar refractivity (Wildman–Crippen MR) is 69.6 cm³/mol. The third-order valence-corrected chi connectivity index (χ3v) is 6.20. The smallest absolute Gasteiger partial charge is 0.136 e. The lowest BCUT2D eigenvalue weighted by molar-refractivity contribution is -0.126. The molecule has 0 aromatic heterocycles. The molecule has 0 aromatic rings. The van der Waals surface area contributed by atoms with Gasteiger partial charge >= 0.3 is 0 Å². The van der Waals surface area contributed by atoms with Crippen molar-refractivity contribution in [3.05, 3.63) is 0 Å². The summed E-state index contributed by atoms with van der Waals surface area (Å²) >= 11 is 0. The molecule has 6 unspecified atom stereocenters. The van der Waals surface area contributed by atoms with Crippen molar-refractivity contribution in [2.24, 2.45) is 35.0 Å². The molecule has 0 spiro atoms. The fourth-order valence-corrected chi connectivity index (χ4v) is 5.70. The van der Waals surface area contributed by atoms with Crippen molar-refractivity contribution in [2.75, 3.05) is 0 Å². The Hall–Kier alpha value is -0.330. The molecule has 6 atom stereocenters. The summed E-state index contributed by atoms with van der Waals surface area (Å²) in [4.78, 5) is 12.4. The highest BCUT2D eigenvalue weighted by Gasteiger charge is 2.62. The van der Waals surface area contributed by atoms with Gasteiger partial charge in [0, 0.05) is 12.3 Å². The summed E-state index contributed by atoms with van der Waals surface area (Å²) in [5, 5.41) is 0. The zero-order chi connectivity index (χ0) is 12.2. The molecule has 3 aliphatic carbocycles. The van der Waals surface area contributed by atoms with E-state index >= 15 is 0 Å². The van der Waals surface area contributed by atoms with E-state index in [2.05, 4.69) is 20.8 Å². The van der Waals surface area contributed by atoms with Crippen LogP contribution in [0.2, 0.25) is 0 Å². The maximum absolute atomic E-state index is 12.4. The van der Waals surface area contributed by atoms with Gasteiger partial charge in [0.15, 0.2) is 0 Å². The number of carbonyl (C=O) groups excluding carboxylic acids is 1. The number of rotatable bonds is 3. The highest BCUT2D eigenvalue weighted by atomic mass is 16.1. The van der Waals surface area contributed by atoms with Crippen molar-refractivity contribution in [2.45, 2.75) is 59.3 Å². The van der Waals surface area contributed by atoms with Crippen LogP contribution in [-0.4, -0.2) is 5.78 Å². The van der Waals surface area contributed by atoms with Crippen molar-refractivity contribution < 1.29 is 4.79 Å². The SMILES string of the molecule is CCCC(=O)C1C(C)CC2C3CCC(C)(C3)C21. The van der Waals surface area contributed by atoms with Crippen molar-refractivity contribution in [1.29, 1.82) is 0 Å². The molecule has 0 radical (unpaired) electrons. The first kappa shape index (κ1) is 11.7. The van der Waals surface area contributed by atoms with Crippen molar-refractivity contribution in [3.63, 3.8) is 0 Å². The van der Waals surface area contributed by atoms with Crippen LogP contribution in [0.4, 0.5) is 0 Å². The fraction of sp³-hybridized carbons (Fsp3) is 0.938. The van der Waals surface area contributed by atoms with Crippen LogP contribution in [0.15, 0.2) is 0 Å². The van der Waals surface area contributed by atoms with Gasteiger partial charge in [-0.25, -0.2) is 0 Å². The van der Waals surface area contributed by atoms with Gasteiger partial charge in [0.1, 0.15) is 5.78 Å². The Kier molecular flexibility index (Phi) is 2.65. The summed E-state index contributed by atoms with van der Waals surface area (Å²) in [5.41, 5.74) is 0.522. The minimum Gasteiger partial charge on any atom is -0.299 e. The van der Waals surface area contributed by atoms with Gasteiger partial charge in [-0.3, -0.25) is 4.79 Å². The molecule has 96 valence electrons. The second kappa shape index (κ2) is 3.83. The lowest BCUT2D eigenvalue weighted by atomic mass is 9.67. The topological polar surface area (TPSA) is 17.1 Å². The minimum absolute atomic E-state index is 0.412. The van der Waals surface area contributed by atoms with E-state index in [4.69, 9.17) is 0 Å². The highest BCUT2D eigenvalue weighted by Crippen LogP contribution is 2.68. The van der Waals surface area contributed by atoms with Gasteiger partial charge in [-0.15, -0.1) is 0 Å². The molecule has 0 aromatic carbocycles. The highest BCUT2D eigenvalue weighted by molar-refractivity contribution is 5.82. The van der Waals surface area contributed by atoms with Gasteiger partial charge in [-0.1, -0.05) is 20.8 Å². The molecule has 0 N–H and O–H groups in total. The first-order valence-electron chi connectivity index (χ1n) is 7.59. The summed E-state index contributed by atoms with van der Waals surface area (Å²) in [7, 11) is 0. The van der Waals surface area contributed by atoms with E-state index in [0.717, 1.165) is 30.6 Å². The Morgan fingerprint density at radius 3 is 2.88 bits per heavy atom. The Morgan fingerprint density at radius 1 is 1.41 bits per heavy atom. The molecule has 0 amide bonds. The molecule has 1 heteroatoms. The standard InChI is InChI=1S/C16H26O/c1-4-5-13(17)14-10(2)8-12-11-6-7-16(3,9-11)15(12)14/h10-12,14-15H,4-9H2,1-3H3. The van der Waals surface area contributed by atoms with E-state index in [9.17, 15) is 4.79 Å². The van der Waals surface area contributed by atoms with Crippen LogP contribution in [0.3, 0.4) is 0 Å². The number of carbonyl (C=O) groups is 1. The normalized spacial score (nSPS) is 51.8. The Balaban J connectivity index is 1.87. The van der Waals surface area contributed by atoms with Crippen molar-refractivity contribution >= 4 is 5.78 Å². The van der Waals surface area contributed by atoms with Crippen molar-refractivity contribution in [1.82, 2.24) is 0 Å². The maximum Gasteiger partial charge on any atom is 0.136 e. The zero-order valence-electron chi connectivity index (χ0n) is 11.5. The van der Waals surface area contributed by atoms with Gasteiger partial charge in [0.25, 0.3) is 0 Å². The number of ketones is 1. The van der Waals surface area contributed by atoms with E-state index in [-0.39, 0.29) is 0 Å². The van der Waals surface area contributed by atoms with Crippen LogP contribution in [0.1, 0.15) is 59.3 Å². The number of hydrogen-bond acceptors (Lipinski definition) is 1. The molecule has 0 heterocycles. The van der Waals surface area contributed by atoms with E-state index in [0.29, 0.717) is 23.0 Å². The molecule has 0 saturated heterocycles. The first-order chi connectivity index (χ1) is 8.07. The summed E-state index contributed by atoms with van der Waals surface area (Å²) < 4.78 is 0. The van der Waals surface area contributed by atoms with Crippen LogP contribution in [0, 0.1) is 35.0 Å². The minimum atomic E-state index is 0.412. The number of fused-ring (bicyclic) bond motifs is 5. The summed E-state index contributed by atoms with van der Waals surface area (Å²) in [6, 6.07) is 0. The first-order valence-corrected chi connectivity index (χ1v) is 7.59. The van der Waals surface area contributed by atoms with Crippen LogP contribution in [0.25, 0.3) is 0 Å². The third kappa shape index (κ3) is 1.54. The molecule has 3 fully saturated rings. The monoisotopic (exact) mass is 234 g/mol. The molecular weight excluding hydrogens is 208 g/mol. The average Bonchev–Trinajstić information content (AvgIpc) is 2.86. The second-order valence-electron chi connectivity index (χ2n) is 7.30. The molecule has 2 bridgehead atoms. The lowest BCUT2D eigenvalue weighted by Gasteiger charge is -2.36. The Morgan fingerprint density at radius 2 is 2.18 bits per heavy atom. The quantitative estimate of drug-likeness (QED) is 0.719. The number of Topliss-reactive ketones (excluding diaryl/α,β-unsaturated/α-hetero) is 1. The zero-order valence-corrected chi connectivity index (χ0v) is 11.5. The van der Waals surface area contributed by atoms with Crippen LogP contribution < -0.4 is 0 Å². The largest absolute Gasteiger partial charge is 0.299 e. The third-order valence-electron chi connectivity index (χ3n) is 6.20. The molecule has 17 heavy (non-hydrogen) atoms. The summed E-state index contributed by atoms with van der Waals surface area (Å²) in [5.74, 6) is 4.26. The molecule has 3 rings (SSSR count). The van der Waals surface area contributed by atoms with Crippen molar-refractivity contribution in [3.8, 4) is 0 Å². The van der Waals surface area contributed by atoms with Crippen LogP contribution >= 0.6 is 0 Å². The molecule has 0 aliphatic heterocycles. The summed E-state index contributed by atoms with van der Waals surface area (Å²) in [6.45, 7) is 6.94. The molecule has 3 saturated carbocycles. The van der Waals surface area contributed by atoms with Gasteiger partial charge in [0.05, 0.1) is 0 Å². The second-order valence-corrected chi connectivity index (χ2v) is 7.30. The maximum atomic E-state index is 12.4. The lowest BCUT2D eigenvalue weighted by Crippen LogP contribution is -2.34. The fourth-order valence-electron chi connectivity index (χ4n) is 5.70. The van der Waals surface area contributed by atoms with Gasteiger partial charge in [-0.05, 0) is 61.2 Å². The van der Waals surface area contributed by atoms with E-state index in [1.807, 2.05) is 0 Å². The summed E-state index contributed by atoms with van der Waals surface area (Å²) in [6.07, 6.45) is 7.44. The predicted octanol–water partition coefficient (Wildman–Crippen LogP) is 4.06. The average molecular weight is 234 g/mol. The van der Waals surface area contributed by atoms with Gasteiger partial charge < -0.3 is 0 Å². The van der Waals surface area contributed by atoms with Gasteiger partial charge in [0.2, 0.25) is 0 Å². The molecule has 1 nitrogen and oxygen atoms in total. The van der Waals surface area contributed by atoms with Crippen LogP contribution in [0.5, 0.6) is 0 Å². The molecule has 3 aliphatic rings. The van der Waals surface area contributed by atoms with E-state index in [1.165, 1.54) is 25.7 Å².